The zero-order chi connectivity index (χ0) is 22.9. The number of nitrogens with one attached hydrogen (secondary N) is 1. The van der Waals surface area contributed by atoms with Gasteiger partial charge in [0, 0.05) is 17.3 Å². The number of aryl methyl sites for hydroxylation is 2. The summed E-state index contributed by atoms with van der Waals surface area (Å²) in [5.41, 5.74) is 2.44. The fourth-order valence-electron chi connectivity index (χ4n) is 3.53. The molecule has 7 heteroatoms. The van der Waals surface area contributed by atoms with Crippen LogP contribution in [0.5, 0.6) is 0 Å². The van der Waals surface area contributed by atoms with E-state index in [1.807, 2.05) is 32.0 Å². The van der Waals surface area contributed by atoms with Crippen LogP contribution in [-0.2, 0) is 21.2 Å². The average Bonchev–Trinajstić information content (AvgIpc) is 2.77. The Hall–Kier alpha value is -3.71. The van der Waals surface area contributed by atoms with Gasteiger partial charge in [0.05, 0.1) is 10.4 Å². The summed E-state index contributed by atoms with van der Waals surface area (Å²) in [7, 11) is -4.06. The number of amides is 1. The van der Waals surface area contributed by atoms with Gasteiger partial charge in [-0.2, -0.15) is 0 Å². The fourth-order valence-corrected chi connectivity index (χ4v) is 4.92. The lowest BCUT2D eigenvalue weighted by Crippen LogP contribution is -2.24. The van der Waals surface area contributed by atoms with Crippen molar-refractivity contribution in [3.63, 3.8) is 0 Å². The van der Waals surface area contributed by atoms with E-state index in [1.165, 1.54) is 22.9 Å². The topological polar surface area (TPSA) is 85.2 Å². The fraction of sp³-hybridized carbons (Fsp3) is 0.120. The Morgan fingerprint density at radius 3 is 2.25 bits per heavy atom. The Labute approximate surface area is 186 Å². The molecule has 0 radical (unpaired) electrons. The minimum atomic E-state index is -4.06. The predicted molar refractivity (Wildman–Crippen MR) is 125 cm³/mol. The van der Waals surface area contributed by atoms with Crippen molar-refractivity contribution >= 4 is 32.3 Å². The first-order valence-electron chi connectivity index (χ1n) is 10.1. The Morgan fingerprint density at radius 1 is 0.906 bits per heavy atom. The number of carbonyl (C=O) groups is 1. The summed E-state index contributed by atoms with van der Waals surface area (Å²) in [6, 6.07) is 20.4. The molecule has 0 saturated carbocycles. The van der Waals surface area contributed by atoms with Gasteiger partial charge in [-0.25, -0.2) is 8.42 Å². The third kappa shape index (κ3) is 4.20. The Bertz CT molecular complexity index is 1470. The molecule has 6 nitrogen and oxygen atoms in total. The van der Waals surface area contributed by atoms with Crippen LogP contribution in [0.15, 0.2) is 93.6 Å². The van der Waals surface area contributed by atoms with Crippen LogP contribution in [-0.4, -0.2) is 18.9 Å². The van der Waals surface area contributed by atoms with Crippen LogP contribution in [0.25, 0.3) is 10.9 Å². The van der Waals surface area contributed by atoms with Gasteiger partial charge in [0.2, 0.25) is 21.2 Å². The van der Waals surface area contributed by atoms with Gasteiger partial charge in [-0.15, -0.1) is 0 Å². The number of hydrogen-bond donors (Lipinski definition) is 1. The highest BCUT2D eigenvalue weighted by atomic mass is 32.2. The smallest absolute Gasteiger partial charge is 0.244 e. The number of carbonyl (C=O) groups excluding carboxylic acids is 1. The van der Waals surface area contributed by atoms with Crippen molar-refractivity contribution in [1.82, 2.24) is 4.57 Å². The number of hydrogen-bond acceptors (Lipinski definition) is 4. The molecule has 1 aromatic heterocycles. The molecule has 32 heavy (non-hydrogen) atoms. The molecular formula is C25H22N2O4S. The Balaban J connectivity index is 1.81. The molecule has 3 aromatic carbocycles. The van der Waals surface area contributed by atoms with E-state index in [1.54, 1.807) is 42.5 Å². The number of fused-ring (bicyclic) bond motifs is 1. The van der Waals surface area contributed by atoms with E-state index in [2.05, 4.69) is 5.32 Å². The van der Waals surface area contributed by atoms with Crippen LogP contribution in [0.2, 0.25) is 0 Å². The van der Waals surface area contributed by atoms with Crippen molar-refractivity contribution in [2.45, 2.75) is 30.2 Å². The predicted octanol–water partition coefficient (Wildman–Crippen LogP) is 4.09. The number of nitrogens with zero attached hydrogens (tertiary/aromatic N) is 1. The molecule has 4 aromatic rings. The molecule has 0 aliphatic carbocycles. The van der Waals surface area contributed by atoms with Gasteiger partial charge in [0.15, 0.2) is 0 Å². The zero-order valence-corrected chi connectivity index (χ0v) is 18.5. The minimum absolute atomic E-state index is 0.0276. The summed E-state index contributed by atoms with van der Waals surface area (Å²) in [6.07, 6.45) is 1.26. The second-order valence-corrected chi connectivity index (χ2v) is 9.62. The lowest BCUT2D eigenvalue weighted by Gasteiger charge is -2.14. The minimum Gasteiger partial charge on any atom is -0.336 e. The number of sulfone groups is 1. The highest BCUT2D eigenvalue weighted by Crippen LogP contribution is 2.22. The van der Waals surface area contributed by atoms with E-state index in [4.69, 9.17) is 0 Å². The van der Waals surface area contributed by atoms with Crippen molar-refractivity contribution in [2.75, 3.05) is 5.32 Å². The molecule has 0 spiro atoms. The summed E-state index contributed by atoms with van der Waals surface area (Å²) in [6.45, 7) is 3.63. The van der Waals surface area contributed by atoms with Crippen LogP contribution >= 0.6 is 0 Å². The molecule has 0 fully saturated rings. The first-order chi connectivity index (χ1) is 15.3. The van der Waals surface area contributed by atoms with Gasteiger partial charge in [-0.1, -0.05) is 47.5 Å². The summed E-state index contributed by atoms with van der Waals surface area (Å²) in [4.78, 5) is 25.6. The quantitative estimate of drug-likeness (QED) is 0.500. The van der Waals surface area contributed by atoms with Crippen molar-refractivity contribution in [3.8, 4) is 0 Å². The third-order valence-electron chi connectivity index (χ3n) is 5.20. The van der Waals surface area contributed by atoms with E-state index in [0.717, 1.165) is 11.1 Å². The largest absolute Gasteiger partial charge is 0.336 e. The molecule has 0 aliphatic rings. The van der Waals surface area contributed by atoms with E-state index in [-0.39, 0.29) is 27.6 Å². The second kappa shape index (κ2) is 8.43. The summed E-state index contributed by atoms with van der Waals surface area (Å²) in [5.74, 6) is -0.331. The number of anilines is 1. The first-order valence-corrected chi connectivity index (χ1v) is 11.5. The van der Waals surface area contributed by atoms with Crippen LogP contribution < -0.4 is 10.7 Å². The van der Waals surface area contributed by atoms with Crippen LogP contribution in [0.3, 0.4) is 0 Å². The molecule has 0 unspecified atom stereocenters. The van der Waals surface area contributed by atoms with Gasteiger partial charge < -0.3 is 9.88 Å². The molecule has 4 rings (SSSR count). The molecule has 162 valence electrons. The van der Waals surface area contributed by atoms with E-state index < -0.39 is 15.3 Å². The van der Waals surface area contributed by atoms with Crippen LogP contribution in [0.1, 0.15) is 11.1 Å². The van der Waals surface area contributed by atoms with E-state index >= 15 is 0 Å². The summed E-state index contributed by atoms with van der Waals surface area (Å²) in [5, 5.41) is 3.07. The van der Waals surface area contributed by atoms with Gasteiger partial charge in [-0.05, 0) is 50.2 Å². The zero-order valence-electron chi connectivity index (χ0n) is 17.7. The van der Waals surface area contributed by atoms with Crippen molar-refractivity contribution in [3.05, 3.63) is 100 Å². The lowest BCUT2D eigenvalue weighted by atomic mass is 10.1. The Morgan fingerprint density at radius 2 is 1.56 bits per heavy atom. The average molecular weight is 447 g/mol. The van der Waals surface area contributed by atoms with Crippen LogP contribution in [0.4, 0.5) is 5.69 Å². The number of aromatic nitrogens is 1. The number of benzene rings is 3. The molecule has 0 aliphatic heterocycles. The molecule has 1 amide bonds. The second-order valence-electron chi connectivity index (χ2n) is 7.70. The van der Waals surface area contributed by atoms with Crippen molar-refractivity contribution < 1.29 is 13.2 Å². The number of rotatable bonds is 5. The normalized spacial score (nSPS) is 11.4. The Kier molecular flexibility index (Phi) is 5.67. The molecular weight excluding hydrogens is 424 g/mol. The maximum atomic E-state index is 13.2. The molecule has 0 bridgehead atoms. The van der Waals surface area contributed by atoms with Gasteiger partial charge in [0.1, 0.15) is 11.4 Å². The standard InChI is InChI=1S/C25H22N2O4S/c1-17-8-11-19(12-9-17)26-24(28)16-27-15-23(32(30,31)20-6-4-3-5-7-20)25(29)21-14-18(2)10-13-22(21)27/h3-15H,16H2,1-2H3,(H,26,28). The SMILES string of the molecule is Cc1ccc(NC(=O)Cn2cc(S(=O)(=O)c3ccccc3)c(=O)c3cc(C)ccc32)cc1. The maximum absolute atomic E-state index is 13.2. The summed E-state index contributed by atoms with van der Waals surface area (Å²) >= 11 is 0. The highest BCUT2D eigenvalue weighted by molar-refractivity contribution is 7.91. The van der Waals surface area contributed by atoms with E-state index in [0.29, 0.717) is 11.2 Å². The monoisotopic (exact) mass is 446 g/mol. The van der Waals surface area contributed by atoms with E-state index in [9.17, 15) is 18.0 Å². The lowest BCUT2D eigenvalue weighted by molar-refractivity contribution is -0.116. The highest BCUT2D eigenvalue weighted by Gasteiger charge is 2.24. The van der Waals surface area contributed by atoms with Crippen LogP contribution in [0, 0.1) is 13.8 Å². The maximum Gasteiger partial charge on any atom is 0.244 e. The van der Waals surface area contributed by atoms with Gasteiger partial charge in [0.25, 0.3) is 0 Å². The van der Waals surface area contributed by atoms with Crippen molar-refractivity contribution in [1.29, 1.82) is 0 Å². The van der Waals surface area contributed by atoms with Crippen molar-refractivity contribution in [2.24, 2.45) is 0 Å². The molecule has 1 heterocycles. The third-order valence-corrected chi connectivity index (χ3v) is 6.96. The number of pyridine rings is 1. The van der Waals surface area contributed by atoms with Gasteiger partial charge >= 0.3 is 0 Å². The van der Waals surface area contributed by atoms with Gasteiger partial charge in [-0.3, -0.25) is 9.59 Å². The molecule has 1 N–H and O–H groups in total. The summed E-state index contributed by atoms with van der Waals surface area (Å²) < 4.78 is 28.0. The molecule has 0 atom stereocenters. The molecule has 0 saturated heterocycles. The first kappa shape index (κ1) is 21.5.